The van der Waals surface area contributed by atoms with Gasteiger partial charge in [-0.3, -0.25) is 4.68 Å². The van der Waals surface area contributed by atoms with Gasteiger partial charge in [0.25, 0.3) is 0 Å². The standard InChI is InChI=1S/C16H29N3/c1-6-8-9-10-11-12-15(17-7-2)16-13(3)18-19(5)14(16)4/h6,15,17H,1,7-12H2,2-5H3. The molecule has 19 heavy (non-hydrogen) atoms. The zero-order valence-electron chi connectivity index (χ0n) is 13.0. The van der Waals surface area contributed by atoms with Gasteiger partial charge in [-0.15, -0.1) is 6.58 Å². The van der Waals surface area contributed by atoms with E-state index in [1.54, 1.807) is 0 Å². The predicted octanol–water partition coefficient (Wildman–Crippen LogP) is 3.82. The van der Waals surface area contributed by atoms with Crippen molar-refractivity contribution in [3.05, 3.63) is 29.6 Å². The van der Waals surface area contributed by atoms with E-state index in [9.17, 15) is 0 Å². The van der Waals surface area contributed by atoms with E-state index in [0.717, 1.165) is 18.7 Å². The summed E-state index contributed by atoms with van der Waals surface area (Å²) in [4.78, 5) is 0. The fraction of sp³-hybridized carbons (Fsp3) is 0.688. The molecule has 1 unspecified atom stereocenters. The summed E-state index contributed by atoms with van der Waals surface area (Å²) in [6, 6.07) is 0.447. The van der Waals surface area contributed by atoms with Crippen molar-refractivity contribution in [1.29, 1.82) is 0 Å². The molecule has 1 atom stereocenters. The maximum atomic E-state index is 4.53. The summed E-state index contributed by atoms with van der Waals surface area (Å²) < 4.78 is 1.99. The molecule has 1 aromatic rings. The summed E-state index contributed by atoms with van der Waals surface area (Å²) >= 11 is 0. The number of allylic oxidation sites excluding steroid dienone is 1. The topological polar surface area (TPSA) is 29.9 Å². The van der Waals surface area contributed by atoms with Gasteiger partial charge >= 0.3 is 0 Å². The quantitative estimate of drug-likeness (QED) is 0.542. The van der Waals surface area contributed by atoms with E-state index < -0.39 is 0 Å². The molecule has 108 valence electrons. The van der Waals surface area contributed by atoms with E-state index in [0.29, 0.717) is 6.04 Å². The molecule has 0 saturated carbocycles. The molecular formula is C16H29N3. The van der Waals surface area contributed by atoms with Crippen molar-refractivity contribution in [2.75, 3.05) is 6.54 Å². The van der Waals surface area contributed by atoms with Gasteiger partial charge in [-0.2, -0.15) is 5.10 Å². The minimum Gasteiger partial charge on any atom is -0.310 e. The molecule has 0 aromatic carbocycles. The lowest BCUT2D eigenvalue weighted by atomic mass is 9.98. The Bertz CT molecular complexity index is 393. The van der Waals surface area contributed by atoms with E-state index in [1.165, 1.54) is 36.9 Å². The summed E-state index contributed by atoms with van der Waals surface area (Å²) in [5.41, 5.74) is 3.85. The smallest absolute Gasteiger partial charge is 0.0644 e. The molecule has 3 heteroatoms. The molecule has 3 nitrogen and oxygen atoms in total. The summed E-state index contributed by atoms with van der Waals surface area (Å²) in [7, 11) is 2.03. The number of unbranched alkanes of at least 4 members (excludes halogenated alkanes) is 3. The summed E-state index contributed by atoms with van der Waals surface area (Å²) in [5, 5.41) is 8.15. The molecule has 0 fully saturated rings. The number of rotatable bonds is 9. The zero-order chi connectivity index (χ0) is 14.3. The number of aryl methyl sites for hydroxylation is 2. The van der Waals surface area contributed by atoms with Crippen LogP contribution in [0.3, 0.4) is 0 Å². The van der Waals surface area contributed by atoms with Crippen LogP contribution in [0.2, 0.25) is 0 Å². The minimum atomic E-state index is 0.447. The second-order valence-electron chi connectivity index (χ2n) is 5.25. The van der Waals surface area contributed by atoms with Crippen molar-refractivity contribution in [1.82, 2.24) is 15.1 Å². The Labute approximate surface area is 118 Å². The molecule has 0 radical (unpaired) electrons. The van der Waals surface area contributed by atoms with Crippen molar-refractivity contribution in [3.8, 4) is 0 Å². The third-order valence-corrected chi connectivity index (χ3v) is 3.77. The van der Waals surface area contributed by atoms with Gasteiger partial charge in [0.1, 0.15) is 0 Å². The highest BCUT2D eigenvalue weighted by Gasteiger charge is 2.18. The maximum absolute atomic E-state index is 4.53. The molecule has 1 N–H and O–H groups in total. The van der Waals surface area contributed by atoms with Gasteiger partial charge in [-0.1, -0.05) is 25.8 Å². The molecule has 0 amide bonds. The number of nitrogens with zero attached hydrogens (tertiary/aromatic N) is 2. The highest BCUT2D eigenvalue weighted by molar-refractivity contribution is 5.28. The van der Waals surface area contributed by atoms with Crippen LogP contribution < -0.4 is 5.32 Å². The van der Waals surface area contributed by atoms with Crippen molar-refractivity contribution < 1.29 is 0 Å². The molecule has 0 aliphatic carbocycles. The maximum Gasteiger partial charge on any atom is 0.0644 e. The molecule has 0 saturated heterocycles. The molecular weight excluding hydrogens is 234 g/mol. The summed E-state index contributed by atoms with van der Waals surface area (Å²) in [6.45, 7) is 11.2. The van der Waals surface area contributed by atoms with Crippen LogP contribution in [0.1, 0.15) is 62.0 Å². The van der Waals surface area contributed by atoms with Gasteiger partial charge in [0.15, 0.2) is 0 Å². The van der Waals surface area contributed by atoms with Crippen molar-refractivity contribution in [3.63, 3.8) is 0 Å². The molecule has 1 rings (SSSR count). The van der Waals surface area contributed by atoms with Crippen LogP contribution in [0.5, 0.6) is 0 Å². The monoisotopic (exact) mass is 263 g/mol. The first-order valence-electron chi connectivity index (χ1n) is 7.46. The Kier molecular flexibility index (Phi) is 6.85. The Morgan fingerprint density at radius 3 is 2.58 bits per heavy atom. The summed E-state index contributed by atoms with van der Waals surface area (Å²) in [6.07, 6.45) is 8.14. The number of nitrogens with one attached hydrogen (secondary N) is 1. The first-order chi connectivity index (χ1) is 9.11. The van der Waals surface area contributed by atoms with Gasteiger partial charge in [0.05, 0.1) is 5.69 Å². The third-order valence-electron chi connectivity index (χ3n) is 3.77. The highest BCUT2D eigenvalue weighted by atomic mass is 15.3. The molecule has 0 aliphatic heterocycles. The Balaban J connectivity index is 2.63. The average molecular weight is 263 g/mol. The first kappa shape index (κ1) is 16.0. The normalized spacial score (nSPS) is 12.6. The average Bonchev–Trinajstić information content (AvgIpc) is 2.62. The van der Waals surface area contributed by atoms with Crippen LogP contribution in [0.4, 0.5) is 0 Å². The number of aromatic nitrogens is 2. The van der Waals surface area contributed by atoms with Crippen LogP contribution >= 0.6 is 0 Å². The lowest BCUT2D eigenvalue weighted by Gasteiger charge is -2.18. The van der Waals surface area contributed by atoms with Gasteiger partial charge in [0.2, 0.25) is 0 Å². The minimum absolute atomic E-state index is 0.447. The first-order valence-corrected chi connectivity index (χ1v) is 7.46. The molecule has 0 spiro atoms. The predicted molar refractivity (Wildman–Crippen MR) is 82.4 cm³/mol. The van der Waals surface area contributed by atoms with E-state index in [4.69, 9.17) is 0 Å². The number of hydrogen-bond acceptors (Lipinski definition) is 2. The van der Waals surface area contributed by atoms with Crippen LogP contribution in [0.15, 0.2) is 12.7 Å². The zero-order valence-corrected chi connectivity index (χ0v) is 13.0. The second-order valence-corrected chi connectivity index (χ2v) is 5.25. The van der Waals surface area contributed by atoms with Crippen molar-refractivity contribution >= 4 is 0 Å². The van der Waals surface area contributed by atoms with Crippen LogP contribution in [-0.2, 0) is 7.05 Å². The fourth-order valence-corrected chi connectivity index (χ4v) is 2.70. The van der Waals surface area contributed by atoms with E-state index in [1.807, 2.05) is 17.8 Å². The van der Waals surface area contributed by atoms with E-state index in [2.05, 4.69) is 37.8 Å². The van der Waals surface area contributed by atoms with Gasteiger partial charge < -0.3 is 5.32 Å². The lowest BCUT2D eigenvalue weighted by Crippen LogP contribution is -2.22. The van der Waals surface area contributed by atoms with Gasteiger partial charge in [-0.25, -0.2) is 0 Å². The van der Waals surface area contributed by atoms with Crippen molar-refractivity contribution in [2.45, 2.75) is 58.9 Å². The molecule has 0 aliphatic rings. The highest BCUT2D eigenvalue weighted by Crippen LogP contribution is 2.25. The van der Waals surface area contributed by atoms with E-state index in [-0.39, 0.29) is 0 Å². The van der Waals surface area contributed by atoms with Crippen LogP contribution in [0, 0.1) is 13.8 Å². The third kappa shape index (κ3) is 4.50. The summed E-state index contributed by atoms with van der Waals surface area (Å²) in [5.74, 6) is 0. The van der Waals surface area contributed by atoms with Crippen LogP contribution in [-0.4, -0.2) is 16.3 Å². The second kappa shape index (κ2) is 8.16. The largest absolute Gasteiger partial charge is 0.310 e. The van der Waals surface area contributed by atoms with Gasteiger partial charge in [0, 0.05) is 24.3 Å². The van der Waals surface area contributed by atoms with E-state index >= 15 is 0 Å². The van der Waals surface area contributed by atoms with Crippen LogP contribution in [0.25, 0.3) is 0 Å². The SMILES string of the molecule is C=CCCCCCC(NCC)c1c(C)nn(C)c1C. The Morgan fingerprint density at radius 1 is 1.32 bits per heavy atom. The van der Waals surface area contributed by atoms with Crippen molar-refractivity contribution in [2.24, 2.45) is 7.05 Å². The molecule has 1 aromatic heterocycles. The molecule has 0 bridgehead atoms. The van der Waals surface area contributed by atoms with Gasteiger partial charge in [-0.05, 0) is 39.7 Å². The Morgan fingerprint density at radius 2 is 2.05 bits per heavy atom. The fourth-order valence-electron chi connectivity index (χ4n) is 2.70. The Hall–Kier alpha value is -1.09. The molecule has 1 heterocycles. The lowest BCUT2D eigenvalue weighted by molar-refractivity contribution is 0.480. The number of hydrogen-bond donors (Lipinski definition) is 1.